The van der Waals surface area contributed by atoms with Gasteiger partial charge >= 0.3 is 0 Å². The van der Waals surface area contributed by atoms with Gasteiger partial charge in [0.1, 0.15) is 5.75 Å². The molecular weight excluding hydrogens is 434 g/mol. The number of nitrogens with one attached hydrogen (secondary N) is 1. The number of rotatable bonds is 14. The lowest BCUT2D eigenvalue weighted by Crippen LogP contribution is -2.15. The predicted molar refractivity (Wildman–Crippen MR) is 138 cm³/mol. The SMILES string of the molecule is CCCCCCCCOc1ccc2ccccc2c1CNCc1cc(OC)c(OC)cc1Cl. The van der Waals surface area contributed by atoms with E-state index < -0.39 is 0 Å². The van der Waals surface area contributed by atoms with Gasteiger partial charge in [-0.25, -0.2) is 0 Å². The van der Waals surface area contributed by atoms with Crippen LogP contribution in [0.5, 0.6) is 17.2 Å². The van der Waals surface area contributed by atoms with Crippen molar-refractivity contribution in [3.63, 3.8) is 0 Å². The highest BCUT2D eigenvalue weighted by Gasteiger charge is 2.12. The summed E-state index contributed by atoms with van der Waals surface area (Å²) in [4.78, 5) is 0. The Morgan fingerprint density at radius 3 is 2.30 bits per heavy atom. The molecule has 0 saturated carbocycles. The Bertz CT molecular complexity index is 1020. The summed E-state index contributed by atoms with van der Waals surface area (Å²) in [6.07, 6.45) is 7.52. The molecule has 0 bridgehead atoms. The van der Waals surface area contributed by atoms with E-state index in [9.17, 15) is 0 Å². The molecular formula is C28H36ClNO3. The summed E-state index contributed by atoms with van der Waals surface area (Å²) in [5.41, 5.74) is 2.14. The van der Waals surface area contributed by atoms with Crippen LogP contribution >= 0.6 is 11.6 Å². The van der Waals surface area contributed by atoms with Gasteiger partial charge in [-0.15, -0.1) is 0 Å². The number of benzene rings is 3. The average Bonchev–Trinajstić information content (AvgIpc) is 2.84. The van der Waals surface area contributed by atoms with Crippen LogP contribution in [0.1, 0.15) is 56.6 Å². The van der Waals surface area contributed by atoms with Gasteiger partial charge in [-0.2, -0.15) is 0 Å². The summed E-state index contributed by atoms with van der Waals surface area (Å²) in [7, 11) is 3.24. The van der Waals surface area contributed by atoms with Crippen molar-refractivity contribution in [2.75, 3.05) is 20.8 Å². The van der Waals surface area contributed by atoms with Crippen LogP contribution in [0.4, 0.5) is 0 Å². The van der Waals surface area contributed by atoms with Gasteiger partial charge in [0.05, 0.1) is 20.8 Å². The van der Waals surface area contributed by atoms with Gasteiger partial charge in [-0.3, -0.25) is 0 Å². The summed E-state index contributed by atoms with van der Waals surface area (Å²) in [5.74, 6) is 2.26. The number of halogens is 1. The molecule has 0 unspecified atom stereocenters. The normalized spacial score (nSPS) is 11.0. The maximum Gasteiger partial charge on any atom is 0.162 e. The third-order valence-corrected chi connectivity index (χ3v) is 6.27. The van der Waals surface area contributed by atoms with Crippen LogP contribution in [0.25, 0.3) is 10.8 Å². The molecule has 33 heavy (non-hydrogen) atoms. The van der Waals surface area contributed by atoms with E-state index in [0.717, 1.165) is 24.3 Å². The highest BCUT2D eigenvalue weighted by molar-refractivity contribution is 6.31. The fourth-order valence-corrected chi connectivity index (χ4v) is 4.27. The summed E-state index contributed by atoms with van der Waals surface area (Å²) in [5, 5.41) is 6.62. The predicted octanol–water partition coefficient (Wildman–Crippen LogP) is 7.54. The molecule has 0 heterocycles. The average molecular weight is 470 g/mol. The zero-order valence-electron chi connectivity index (χ0n) is 20.1. The third-order valence-electron chi connectivity index (χ3n) is 5.92. The van der Waals surface area contributed by atoms with Crippen LogP contribution in [0, 0.1) is 0 Å². The van der Waals surface area contributed by atoms with E-state index in [1.165, 1.54) is 48.4 Å². The van der Waals surface area contributed by atoms with Crippen molar-refractivity contribution in [2.24, 2.45) is 0 Å². The van der Waals surface area contributed by atoms with E-state index in [4.69, 9.17) is 25.8 Å². The number of methoxy groups -OCH3 is 2. The molecule has 0 saturated heterocycles. The molecule has 4 nitrogen and oxygen atoms in total. The second kappa shape index (κ2) is 13.3. The molecule has 3 rings (SSSR count). The molecule has 0 atom stereocenters. The Morgan fingerprint density at radius 2 is 1.52 bits per heavy atom. The van der Waals surface area contributed by atoms with Crippen LogP contribution in [-0.4, -0.2) is 20.8 Å². The van der Waals surface area contributed by atoms with E-state index in [1.54, 1.807) is 20.3 Å². The van der Waals surface area contributed by atoms with Gasteiger partial charge in [0, 0.05) is 29.7 Å². The summed E-state index contributed by atoms with van der Waals surface area (Å²) in [6.45, 7) is 4.29. The van der Waals surface area contributed by atoms with Crippen LogP contribution in [0.3, 0.4) is 0 Å². The minimum absolute atomic E-state index is 0.610. The second-order valence-electron chi connectivity index (χ2n) is 8.28. The number of hydrogen-bond donors (Lipinski definition) is 1. The third kappa shape index (κ3) is 7.02. The van der Waals surface area contributed by atoms with E-state index in [2.05, 4.69) is 48.6 Å². The topological polar surface area (TPSA) is 39.7 Å². The molecule has 1 N–H and O–H groups in total. The van der Waals surface area contributed by atoms with Crippen LogP contribution < -0.4 is 19.5 Å². The van der Waals surface area contributed by atoms with E-state index in [-0.39, 0.29) is 0 Å². The maximum absolute atomic E-state index is 6.47. The quantitative estimate of drug-likeness (QED) is 0.247. The lowest BCUT2D eigenvalue weighted by molar-refractivity contribution is 0.301. The smallest absolute Gasteiger partial charge is 0.162 e. The van der Waals surface area contributed by atoms with Crippen molar-refractivity contribution < 1.29 is 14.2 Å². The van der Waals surface area contributed by atoms with E-state index in [1.807, 2.05) is 6.07 Å². The highest BCUT2D eigenvalue weighted by Crippen LogP contribution is 2.33. The Morgan fingerprint density at radius 1 is 0.788 bits per heavy atom. The lowest BCUT2D eigenvalue weighted by atomic mass is 10.0. The van der Waals surface area contributed by atoms with Gasteiger partial charge in [0.25, 0.3) is 0 Å². The van der Waals surface area contributed by atoms with Gasteiger partial charge in [0.15, 0.2) is 11.5 Å². The fourth-order valence-electron chi connectivity index (χ4n) is 4.05. The second-order valence-corrected chi connectivity index (χ2v) is 8.69. The molecule has 0 amide bonds. The fraction of sp³-hybridized carbons (Fsp3) is 0.429. The van der Waals surface area contributed by atoms with Crippen LogP contribution in [0.15, 0.2) is 48.5 Å². The standard InChI is InChI=1S/C28H36ClNO3/c1-4-5-6-7-8-11-16-33-26-15-14-21-12-9-10-13-23(21)24(26)20-30-19-22-17-27(31-2)28(32-3)18-25(22)29/h9-10,12-15,17-18,30H,4-8,11,16,19-20H2,1-3H3. The maximum atomic E-state index is 6.47. The Kier molecular flexibility index (Phi) is 10.2. The molecule has 0 aliphatic rings. The number of fused-ring (bicyclic) bond motifs is 1. The summed E-state index contributed by atoms with van der Waals surface area (Å²) in [6, 6.07) is 16.4. The molecule has 5 heteroatoms. The van der Waals surface area contributed by atoms with Gasteiger partial charge in [-0.1, -0.05) is 81.0 Å². The lowest BCUT2D eigenvalue weighted by Gasteiger charge is -2.16. The van der Waals surface area contributed by atoms with Gasteiger partial charge < -0.3 is 19.5 Å². The molecule has 0 aliphatic heterocycles. The first-order valence-electron chi connectivity index (χ1n) is 11.9. The minimum atomic E-state index is 0.610. The largest absolute Gasteiger partial charge is 0.493 e. The molecule has 0 radical (unpaired) electrons. The van der Waals surface area contributed by atoms with E-state index >= 15 is 0 Å². The monoisotopic (exact) mass is 469 g/mol. The number of ether oxygens (including phenoxy) is 3. The number of unbranched alkanes of at least 4 members (excludes halogenated alkanes) is 5. The molecule has 178 valence electrons. The Hall–Kier alpha value is -2.43. The zero-order valence-corrected chi connectivity index (χ0v) is 20.8. The summed E-state index contributed by atoms with van der Waals surface area (Å²) < 4.78 is 17.0. The first-order chi connectivity index (χ1) is 16.2. The molecule has 0 aromatic heterocycles. The van der Waals surface area contributed by atoms with Crippen molar-refractivity contribution in [3.8, 4) is 17.2 Å². The molecule has 0 aliphatic carbocycles. The molecule has 0 spiro atoms. The number of hydrogen-bond acceptors (Lipinski definition) is 4. The van der Waals surface area contributed by atoms with Crippen LogP contribution in [0.2, 0.25) is 5.02 Å². The molecule has 0 fully saturated rings. The summed E-state index contributed by atoms with van der Waals surface area (Å²) >= 11 is 6.47. The molecule has 3 aromatic rings. The van der Waals surface area contributed by atoms with E-state index in [0.29, 0.717) is 29.6 Å². The highest BCUT2D eigenvalue weighted by atomic mass is 35.5. The van der Waals surface area contributed by atoms with Crippen molar-refractivity contribution in [1.29, 1.82) is 0 Å². The Balaban J connectivity index is 1.68. The van der Waals surface area contributed by atoms with Crippen molar-refractivity contribution in [3.05, 3.63) is 64.7 Å². The molecule has 3 aromatic carbocycles. The van der Waals surface area contributed by atoms with Gasteiger partial charge in [-0.05, 0) is 34.9 Å². The van der Waals surface area contributed by atoms with Crippen molar-refractivity contribution in [1.82, 2.24) is 5.32 Å². The first kappa shape index (κ1) is 25.2. The van der Waals surface area contributed by atoms with Crippen LogP contribution in [-0.2, 0) is 13.1 Å². The first-order valence-corrected chi connectivity index (χ1v) is 12.3. The van der Waals surface area contributed by atoms with Gasteiger partial charge in [0.2, 0.25) is 0 Å². The van der Waals surface area contributed by atoms with Crippen molar-refractivity contribution in [2.45, 2.75) is 58.5 Å². The zero-order chi connectivity index (χ0) is 23.5. The minimum Gasteiger partial charge on any atom is -0.493 e. The Labute approximate surface area is 203 Å². The van der Waals surface area contributed by atoms with Crippen molar-refractivity contribution >= 4 is 22.4 Å².